The molecule has 0 spiro atoms. The molecule has 4 heteroatoms. The standard InChI is InChI=1S/C128H164N4/c1-9-17-25-33-93-129(94-34-26-18-10-2)125-85-69-113(70-86-125)61-49-105-41-53-109(54-42-105)65-77-117-101-122-83-84-124-104-119(79-67-111-57-45-107(46-58-111)51-63-115-73-89-127(90-74-115)131(97-37-29-21-13-5)98-38-30-22-14-6)123(103-120(124)80-68-112-59-47-108(48-60-112)52-64-116-75-91-128(92-76-116)132(99-39-31-23-15-7)100-40-32-24-16-8)82-81-121(117)102-118(122)78-66-110-55-43-106(44-56-110)50-62-114-71-87-126(88-72-114)130(95-35-27-19-11-3)96-36-28-20-12-4/h41-80,85-92,101-104H,9-40,81-84,93-100H2,1-8H3/b61-49+,62-50+,63-51+,64-52+,77-65-,78-66+,79-67?,80-68+. The van der Waals surface area contributed by atoms with Gasteiger partial charge in [-0.25, -0.2) is 0 Å². The lowest BCUT2D eigenvalue weighted by molar-refractivity contribution is 0.609. The third-order valence-electron chi connectivity index (χ3n) is 26.9. The molecule has 0 fully saturated rings. The lowest BCUT2D eigenvalue weighted by Gasteiger charge is -2.25. The van der Waals surface area contributed by atoms with Crippen molar-refractivity contribution in [2.45, 2.75) is 287 Å². The minimum absolute atomic E-state index is 0.876. The second-order valence-electron chi connectivity index (χ2n) is 37.6. The van der Waals surface area contributed by atoms with E-state index in [2.05, 4.69) is 391 Å². The second-order valence-corrected chi connectivity index (χ2v) is 37.6. The Morgan fingerprint density at radius 2 is 0.273 bits per heavy atom. The molecular weight excluding hydrogens is 1590 g/mol. The summed E-state index contributed by atoms with van der Waals surface area (Å²) in [6.07, 6.45) is 81.8. The second kappa shape index (κ2) is 59.8. The predicted octanol–water partition coefficient (Wildman–Crippen LogP) is 36.8. The van der Waals surface area contributed by atoms with Crippen LogP contribution in [-0.4, -0.2) is 52.4 Å². The zero-order valence-corrected chi connectivity index (χ0v) is 82.9. The summed E-state index contributed by atoms with van der Waals surface area (Å²) >= 11 is 0. The van der Waals surface area contributed by atoms with Gasteiger partial charge in [-0.1, -0.05) is 477 Å². The minimum Gasteiger partial charge on any atom is -0.372 e. The van der Waals surface area contributed by atoms with E-state index in [1.807, 2.05) is 0 Å². The fourth-order valence-electron chi connectivity index (χ4n) is 18.4. The van der Waals surface area contributed by atoms with Gasteiger partial charge in [0, 0.05) is 75.1 Å². The Hall–Kier alpha value is -10.7. The highest BCUT2D eigenvalue weighted by Crippen LogP contribution is 2.33. The highest BCUT2D eigenvalue weighted by atomic mass is 15.1. The Labute approximate surface area is 802 Å². The van der Waals surface area contributed by atoms with Crippen LogP contribution < -0.4 is 19.6 Å². The summed E-state index contributed by atoms with van der Waals surface area (Å²) in [6.45, 7) is 27.5. The van der Waals surface area contributed by atoms with Gasteiger partial charge in [-0.05, 0) is 237 Å². The van der Waals surface area contributed by atoms with Crippen molar-refractivity contribution in [1.82, 2.24) is 0 Å². The van der Waals surface area contributed by atoms with Gasteiger partial charge < -0.3 is 19.6 Å². The molecule has 0 aliphatic heterocycles. The molecule has 696 valence electrons. The maximum absolute atomic E-state index is 2.63. The first kappa shape index (κ1) is 102. The molecule has 4 aliphatic carbocycles. The lowest BCUT2D eigenvalue weighted by Crippen LogP contribution is -2.25. The van der Waals surface area contributed by atoms with Crippen LogP contribution in [0.15, 0.2) is 218 Å². The molecule has 0 atom stereocenters. The third kappa shape index (κ3) is 36.0. The molecule has 4 aliphatic rings. The molecule has 0 saturated carbocycles. The summed E-state index contributed by atoms with van der Waals surface area (Å²) in [7, 11) is 0. The van der Waals surface area contributed by atoms with Gasteiger partial charge in [0.25, 0.3) is 0 Å². The van der Waals surface area contributed by atoms with Gasteiger partial charge in [-0.15, -0.1) is 0 Å². The van der Waals surface area contributed by atoms with Gasteiger partial charge in [-0.2, -0.15) is 0 Å². The molecule has 10 aromatic carbocycles. The predicted molar refractivity (Wildman–Crippen MR) is 593 cm³/mol. The van der Waals surface area contributed by atoms with Crippen molar-refractivity contribution in [1.29, 1.82) is 0 Å². The average Bonchev–Trinajstić information content (AvgIpc) is 0.789. The first-order valence-corrected chi connectivity index (χ1v) is 52.7. The van der Waals surface area contributed by atoms with Crippen LogP contribution in [0.2, 0.25) is 0 Å². The van der Waals surface area contributed by atoms with Gasteiger partial charge in [0.05, 0.1) is 0 Å². The third-order valence-corrected chi connectivity index (χ3v) is 26.9. The summed E-state index contributed by atoms with van der Waals surface area (Å²) in [6, 6.07) is 83.7. The average molecular weight is 1760 g/mol. The summed E-state index contributed by atoms with van der Waals surface area (Å²) in [5, 5.41) is 0. The van der Waals surface area contributed by atoms with Crippen LogP contribution in [0.5, 0.6) is 0 Å². The van der Waals surface area contributed by atoms with Gasteiger partial charge in [0.1, 0.15) is 0 Å². The van der Waals surface area contributed by atoms with Crippen molar-refractivity contribution in [2.24, 2.45) is 0 Å². The summed E-state index contributed by atoms with van der Waals surface area (Å²) in [5.41, 5.74) is 30.4. The number of benzene rings is 10. The molecule has 0 N–H and O–H groups in total. The molecule has 0 heterocycles. The molecule has 0 amide bonds. The summed E-state index contributed by atoms with van der Waals surface area (Å²) < 4.78 is 0. The SMILES string of the molecule is CCCCCCN(CCCCCC)c1ccc(/C=C/c2ccc(C=Cc3cc4c(/C=C/c5ccc(/C=C/c6ccc(N(CCCCCC)CCCCCC)cc6)cc5)cc3CCc3cc(/C=C/c5ccc(/C=C/c6ccc(N(CCCCCC)CCCCCC)cc6)cc5)c(cc3/C=C\c3ccc(/C=C/c5ccc(N(CCCCCC)CCCCCC)cc5)cc3)CC4)cc2)cc1. The molecule has 0 aromatic heterocycles. The number of rotatable bonds is 60. The molecule has 132 heavy (non-hydrogen) atoms. The largest absolute Gasteiger partial charge is 0.372 e. The smallest absolute Gasteiger partial charge is 0.0366 e. The Bertz CT molecular complexity index is 4420. The van der Waals surface area contributed by atoms with E-state index in [1.165, 1.54) is 339 Å². The van der Waals surface area contributed by atoms with Gasteiger partial charge >= 0.3 is 0 Å². The van der Waals surface area contributed by atoms with Crippen LogP contribution in [0, 0.1) is 0 Å². The highest BCUT2D eigenvalue weighted by molar-refractivity contribution is 5.82. The van der Waals surface area contributed by atoms with Crippen LogP contribution in [0.1, 0.15) is 372 Å². The number of hydrogen-bond donors (Lipinski definition) is 0. The van der Waals surface area contributed by atoms with Crippen LogP contribution in [0.3, 0.4) is 0 Å². The Morgan fingerprint density at radius 3 is 0.402 bits per heavy atom. The number of anilines is 4. The summed E-state index contributed by atoms with van der Waals surface area (Å²) in [5.74, 6) is 0. The van der Waals surface area contributed by atoms with E-state index >= 15 is 0 Å². The van der Waals surface area contributed by atoms with E-state index < -0.39 is 0 Å². The number of unbranched alkanes of at least 4 members (excludes halogenated alkanes) is 24. The van der Waals surface area contributed by atoms with Gasteiger partial charge in [-0.3, -0.25) is 0 Å². The molecule has 4 nitrogen and oxygen atoms in total. The van der Waals surface area contributed by atoms with Crippen molar-refractivity contribution in [3.8, 4) is 0 Å². The molecule has 0 unspecified atom stereocenters. The van der Waals surface area contributed by atoms with Crippen LogP contribution >= 0.6 is 0 Å². The van der Waals surface area contributed by atoms with Crippen molar-refractivity contribution in [3.05, 3.63) is 330 Å². The lowest BCUT2D eigenvalue weighted by atomic mass is 9.86. The zero-order valence-electron chi connectivity index (χ0n) is 82.9. The van der Waals surface area contributed by atoms with E-state index in [4.69, 9.17) is 0 Å². The minimum atomic E-state index is 0.876. The Balaban J connectivity index is 0.872. The first-order valence-electron chi connectivity index (χ1n) is 52.7. The fourth-order valence-corrected chi connectivity index (χ4v) is 18.4. The van der Waals surface area contributed by atoms with E-state index in [0.717, 1.165) is 78.0 Å². The maximum atomic E-state index is 2.63. The molecule has 10 aromatic rings. The first-order chi connectivity index (χ1) is 65.1. The topological polar surface area (TPSA) is 13.0 Å². The maximum Gasteiger partial charge on any atom is 0.0366 e. The zero-order chi connectivity index (χ0) is 92.0. The molecule has 0 saturated heterocycles. The quantitative estimate of drug-likeness (QED) is 0.0278. The van der Waals surface area contributed by atoms with E-state index in [-0.39, 0.29) is 0 Å². The van der Waals surface area contributed by atoms with Gasteiger partial charge in [0.2, 0.25) is 0 Å². The number of aryl methyl sites for hydroxylation is 4. The van der Waals surface area contributed by atoms with E-state index in [0.29, 0.717) is 0 Å². The number of hydrogen-bond acceptors (Lipinski definition) is 4. The Kier molecular flexibility index (Phi) is 46.1. The molecular formula is C128H164N4. The fraction of sp³-hybridized carbons (Fsp3) is 0.406. The van der Waals surface area contributed by atoms with Crippen molar-refractivity contribution in [2.75, 3.05) is 72.0 Å². The van der Waals surface area contributed by atoms with E-state index in [9.17, 15) is 0 Å². The van der Waals surface area contributed by atoms with Gasteiger partial charge in [0.15, 0.2) is 0 Å². The van der Waals surface area contributed by atoms with Crippen LogP contribution in [-0.2, 0) is 25.7 Å². The summed E-state index contributed by atoms with van der Waals surface area (Å²) in [4.78, 5) is 10.5. The highest BCUT2D eigenvalue weighted by Gasteiger charge is 2.18. The monoisotopic (exact) mass is 1760 g/mol. The van der Waals surface area contributed by atoms with Crippen molar-refractivity contribution >= 4 is 120 Å². The number of nitrogens with zero attached hydrogens (tertiary/aromatic N) is 4. The van der Waals surface area contributed by atoms with Crippen molar-refractivity contribution in [3.63, 3.8) is 0 Å². The Morgan fingerprint density at radius 1 is 0.152 bits per heavy atom. The van der Waals surface area contributed by atoms with Crippen LogP contribution in [0.4, 0.5) is 22.7 Å². The molecule has 0 radical (unpaired) electrons. The van der Waals surface area contributed by atoms with Crippen molar-refractivity contribution < 1.29 is 0 Å². The molecule has 4 bridgehead atoms. The molecule has 14 rings (SSSR count). The normalized spacial score (nSPS) is 12.5. The van der Waals surface area contributed by atoms with Crippen LogP contribution in [0.25, 0.3) is 97.2 Å². The van der Waals surface area contributed by atoms with E-state index in [1.54, 1.807) is 0 Å².